The first-order chi connectivity index (χ1) is 9.20. The fourth-order valence-electron chi connectivity index (χ4n) is 2.23. The molecule has 1 unspecified atom stereocenters. The summed E-state index contributed by atoms with van der Waals surface area (Å²) >= 11 is 0. The van der Waals surface area contributed by atoms with Crippen molar-refractivity contribution in [2.24, 2.45) is 0 Å². The first kappa shape index (κ1) is 14.9. The van der Waals surface area contributed by atoms with Crippen LogP contribution in [0.2, 0.25) is 0 Å². The van der Waals surface area contributed by atoms with E-state index < -0.39 is 30.2 Å². The normalized spacial score (nSPS) is 21.8. The van der Waals surface area contributed by atoms with Gasteiger partial charge < -0.3 is 0 Å². The molecule has 0 heterocycles. The first-order valence-corrected chi connectivity index (χ1v) is 8.43. The van der Waals surface area contributed by atoms with E-state index >= 15 is 0 Å². The quantitative estimate of drug-likeness (QED) is 0.815. The minimum atomic E-state index is -5.12. The van der Waals surface area contributed by atoms with Gasteiger partial charge in [0, 0.05) is 5.92 Å². The lowest BCUT2D eigenvalue weighted by Crippen LogP contribution is -2.49. The zero-order valence-electron chi connectivity index (χ0n) is 10.1. The van der Waals surface area contributed by atoms with Gasteiger partial charge in [-0.1, -0.05) is 48.6 Å². The Morgan fingerprint density at radius 1 is 0.900 bits per heavy atom. The average Bonchev–Trinajstić information content (AvgIpc) is 2.37. The van der Waals surface area contributed by atoms with E-state index in [-0.39, 0.29) is 0 Å². The predicted molar refractivity (Wildman–Crippen MR) is 73.3 cm³/mol. The molecule has 0 aromatic heterocycles. The maximum Gasteiger partial charge on any atom is 0.292 e. The first-order valence-electron chi connectivity index (χ1n) is 5.55. The van der Waals surface area contributed by atoms with Gasteiger partial charge in [0.1, 0.15) is 0 Å². The van der Waals surface area contributed by atoms with Gasteiger partial charge in [0.2, 0.25) is 0 Å². The third-order valence-corrected chi connectivity index (χ3v) is 6.80. The summed E-state index contributed by atoms with van der Waals surface area (Å²) in [7, 11) is -10.2. The average molecular weight is 316 g/mol. The monoisotopic (exact) mass is 316 g/mol. The number of hydrogen-bond donors (Lipinski definition) is 2. The van der Waals surface area contributed by atoms with E-state index in [0.29, 0.717) is 5.56 Å². The van der Waals surface area contributed by atoms with Gasteiger partial charge in [-0.15, -0.1) is 0 Å². The zero-order valence-corrected chi connectivity index (χ0v) is 11.8. The summed E-state index contributed by atoms with van der Waals surface area (Å²) in [4.78, 5) is 0. The van der Waals surface area contributed by atoms with Crippen molar-refractivity contribution in [2.75, 3.05) is 0 Å². The Bertz CT molecular complexity index is 727. The molecule has 0 spiro atoms. The van der Waals surface area contributed by atoms with Crippen LogP contribution in [-0.2, 0) is 20.2 Å². The van der Waals surface area contributed by atoms with Crippen LogP contribution >= 0.6 is 0 Å². The molecule has 1 aromatic carbocycles. The van der Waals surface area contributed by atoms with E-state index in [0.717, 1.165) is 12.2 Å². The summed E-state index contributed by atoms with van der Waals surface area (Å²) in [5.74, 6) is -1.25. The third kappa shape index (κ3) is 2.20. The Labute approximate surface area is 116 Å². The molecule has 1 aliphatic carbocycles. The highest BCUT2D eigenvalue weighted by molar-refractivity contribution is 8.05. The minimum Gasteiger partial charge on any atom is -0.284 e. The number of allylic oxidation sites excluding steroid dienone is 3. The highest BCUT2D eigenvalue weighted by atomic mass is 32.3. The minimum absolute atomic E-state index is 0.336. The largest absolute Gasteiger partial charge is 0.292 e. The molecular weight excluding hydrogens is 304 g/mol. The molecule has 0 aliphatic heterocycles. The lowest BCUT2D eigenvalue weighted by atomic mass is 9.91. The van der Waals surface area contributed by atoms with Crippen molar-refractivity contribution in [2.45, 2.75) is 10.00 Å². The molecule has 1 atom stereocenters. The number of hydrogen-bond acceptors (Lipinski definition) is 4. The van der Waals surface area contributed by atoms with Crippen molar-refractivity contribution in [1.82, 2.24) is 0 Å². The summed E-state index contributed by atoms with van der Waals surface area (Å²) < 4.78 is 62.7. The van der Waals surface area contributed by atoms with Crippen molar-refractivity contribution >= 4 is 20.2 Å². The van der Waals surface area contributed by atoms with Crippen molar-refractivity contribution in [1.29, 1.82) is 0 Å². The van der Waals surface area contributed by atoms with Gasteiger partial charge in [-0.2, -0.15) is 16.8 Å². The van der Waals surface area contributed by atoms with Crippen LogP contribution < -0.4 is 0 Å². The molecule has 1 aromatic rings. The SMILES string of the molecule is O=S(=O)(O)C1(S(=O)(=O)O)C=CC=CC1c1ccccc1. The highest BCUT2D eigenvalue weighted by Crippen LogP contribution is 2.42. The standard InChI is InChI=1S/C12H12O6S2/c13-19(14,15)12(20(16,17)18)9-5-4-8-11(12)10-6-2-1-3-7-10/h1-9,11H,(H,13,14,15)(H,16,17,18). The lowest BCUT2D eigenvalue weighted by molar-refractivity contribution is 0.429. The molecular formula is C12H12O6S2. The fraction of sp³-hybridized carbons (Fsp3) is 0.167. The van der Waals surface area contributed by atoms with Crippen LogP contribution in [0.25, 0.3) is 0 Å². The maximum atomic E-state index is 11.7. The smallest absolute Gasteiger partial charge is 0.284 e. The molecule has 20 heavy (non-hydrogen) atoms. The van der Waals surface area contributed by atoms with Crippen molar-refractivity contribution in [3.8, 4) is 0 Å². The molecule has 0 amide bonds. The Morgan fingerprint density at radius 3 is 1.95 bits per heavy atom. The summed E-state index contributed by atoms with van der Waals surface area (Å²) in [6.07, 6.45) is 4.68. The van der Waals surface area contributed by atoms with Gasteiger partial charge in [0.15, 0.2) is 0 Å². The van der Waals surface area contributed by atoms with Gasteiger partial charge in [-0.3, -0.25) is 9.11 Å². The summed E-state index contributed by atoms with van der Waals surface area (Å²) in [5.41, 5.74) is 0.336. The second-order valence-electron chi connectivity index (χ2n) is 4.30. The second-order valence-corrected chi connectivity index (χ2v) is 7.81. The van der Waals surface area contributed by atoms with E-state index in [1.165, 1.54) is 24.3 Å². The molecule has 0 radical (unpaired) electrons. The van der Waals surface area contributed by atoms with E-state index in [9.17, 15) is 25.9 Å². The Kier molecular flexibility index (Phi) is 3.59. The molecule has 0 saturated carbocycles. The molecule has 0 bridgehead atoms. The molecule has 8 heteroatoms. The number of benzene rings is 1. The van der Waals surface area contributed by atoms with Crippen LogP contribution in [0.3, 0.4) is 0 Å². The van der Waals surface area contributed by atoms with Gasteiger partial charge in [-0.05, 0) is 11.6 Å². The Hall–Kier alpha value is -1.48. The lowest BCUT2D eigenvalue weighted by Gasteiger charge is -2.32. The second kappa shape index (κ2) is 4.81. The fourth-order valence-corrected chi connectivity index (χ4v) is 4.87. The van der Waals surface area contributed by atoms with Crippen molar-refractivity contribution in [3.05, 3.63) is 60.2 Å². The van der Waals surface area contributed by atoms with E-state index in [1.54, 1.807) is 18.2 Å². The van der Waals surface area contributed by atoms with Crippen LogP contribution in [0.15, 0.2) is 54.6 Å². The Morgan fingerprint density at radius 2 is 1.45 bits per heavy atom. The molecule has 108 valence electrons. The molecule has 6 nitrogen and oxygen atoms in total. The van der Waals surface area contributed by atoms with Gasteiger partial charge in [-0.25, -0.2) is 0 Å². The van der Waals surface area contributed by atoms with E-state index in [2.05, 4.69) is 0 Å². The topological polar surface area (TPSA) is 109 Å². The molecule has 0 saturated heterocycles. The van der Waals surface area contributed by atoms with Crippen molar-refractivity contribution < 1.29 is 25.9 Å². The maximum absolute atomic E-state index is 11.7. The predicted octanol–water partition coefficient (Wildman–Crippen LogP) is 1.37. The van der Waals surface area contributed by atoms with Gasteiger partial charge >= 0.3 is 0 Å². The summed E-state index contributed by atoms with van der Waals surface area (Å²) in [5, 5.41) is 0. The molecule has 2 rings (SSSR count). The molecule has 1 aliphatic rings. The van der Waals surface area contributed by atoms with Crippen LogP contribution in [0.1, 0.15) is 11.5 Å². The molecule has 0 fully saturated rings. The van der Waals surface area contributed by atoms with Crippen molar-refractivity contribution in [3.63, 3.8) is 0 Å². The van der Waals surface area contributed by atoms with Gasteiger partial charge in [0.05, 0.1) is 0 Å². The summed E-state index contributed by atoms with van der Waals surface area (Å²) in [6, 6.07) is 7.90. The van der Waals surface area contributed by atoms with E-state index in [1.807, 2.05) is 0 Å². The molecule has 2 N–H and O–H groups in total. The number of rotatable bonds is 3. The van der Waals surface area contributed by atoms with Crippen LogP contribution in [0.5, 0.6) is 0 Å². The Balaban J connectivity index is 2.79. The van der Waals surface area contributed by atoms with E-state index in [4.69, 9.17) is 0 Å². The zero-order chi connectivity index (χ0) is 15.0. The van der Waals surface area contributed by atoms with Crippen LogP contribution in [-0.4, -0.2) is 30.0 Å². The van der Waals surface area contributed by atoms with Gasteiger partial charge in [0.25, 0.3) is 24.3 Å². The third-order valence-electron chi connectivity index (χ3n) is 3.14. The van der Waals surface area contributed by atoms with Crippen LogP contribution in [0, 0.1) is 0 Å². The highest BCUT2D eigenvalue weighted by Gasteiger charge is 2.58. The summed E-state index contributed by atoms with van der Waals surface area (Å²) in [6.45, 7) is 0. The van der Waals surface area contributed by atoms with Crippen LogP contribution in [0.4, 0.5) is 0 Å².